The Bertz CT molecular complexity index is 197. The van der Waals surface area contributed by atoms with Crippen molar-refractivity contribution in [2.45, 2.75) is 6.10 Å². The second-order valence-corrected chi connectivity index (χ2v) is 3.32. The van der Waals surface area contributed by atoms with Crippen LogP contribution in [0.5, 0.6) is 0 Å². The topological polar surface area (TPSA) is 50.8 Å². The quantitative estimate of drug-likeness (QED) is 0.684. The van der Waals surface area contributed by atoms with E-state index < -0.39 is 0 Å². The number of cyclic esters (lactones) is 1. The van der Waals surface area contributed by atoms with Crippen LogP contribution in [-0.4, -0.2) is 56.5 Å². The summed E-state index contributed by atoms with van der Waals surface area (Å²) in [7, 11) is 0. The minimum Gasteiger partial charge on any atom is -0.443 e. The third-order valence-corrected chi connectivity index (χ3v) is 2.31. The number of nitrogens with one attached hydrogen (secondary N) is 1. The lowest BCUT2D eigenvalue weighted by atomic mass is 10.3. The van der Waals surface area contributed by atoms with Crippen molar-refractivity contribution in [3.8, 4) is 0 Å². The highest BCUT2D eigenvalue weighted by Crippen LogP contribution is 2.04. The van der Waals surface area contributed by atoms with Crippen LogP contribution in [0.1, 0.15) is 0 Å². The van der Waals surface area contributed by atoms with Crippen LogP contribution in [0.3, 0.4) is 0 Å². The third-order valence-electron chi connectivity index (χ3n) is 2.31. The summed E-state index contributed by atoms with van der Waals surface area (Å²) in [6.07, 6.45) is -0.274. The van der Waals surface area contributed by atoms with Crippen molar-refractivity contribution < 1.29 is 14.3 Å². The summed E-state index contributed by atoms with van der Waals surface area (Å²) in [6.45, 7) is 4.91. The van der Waals surface area contributed by atoms with Crippen LogP contribution in [0, 0.1) is 0 Å². The molecule has 2 aliphatic heterocycles. The molecular weight excluding hydrogens is 204 g/mol. The zero-order valence-corrected chi connectivity index (χ0v) is 8.99. The molecule has 14 heavy (non-hydrogen) atoms. The maximum atomic E-state index is 10.7. The number of rotatable bonds is 2. The molecule has 1 amide bonds. The molecule has 0 radical (unpaired) electrons. The van der Waals surface area contributed by atoms with E-state index in [2.05, 4.69) is 10.2 Å². The lowest BCUT2D eigenvalue weighted by Gasteiger charge is -2.27. The first-order valence-electron chi connectivity index (χ1n) is 4.59. The Balaban J connectivity index is 0.000000980. The SMILES string of the molecule is O=C1NC[C@@H](CN2CCOCC2)O1.S. The van der Waals surface area contributed by atoms with Crippen LogP contribution in [0.2, 0.25) is 0 Å². The van der Waals surface area contributed by atoms with E-state index in [-0.39, 0.29) is 25.7 Å². The van der Waals surface area contributed by atoms with E-state index in [0.717, 1.165) is 32.8 Å². The van der Waals surface area contributed by atoms with E-state index in [1.165, 1.54) is 0 Å². The summed E-state index contributed by atoms with van der Waals surface area (Å²) >= 11 is 0. The van der Waals surface area contributed by atoms with Gasteiger partial charge in [-0.25, -0.2) is 4.79 Å². The molecule has 1 N–H and O–H groups in total. The molecule has 0 aromatic rings. The number of ether oxygens (including phenoxy) is 2. The fraction of sp³-hybridized carbons (Fsp3) is 0.875. The van der Waals surface area contributed by atoms with Gasteiger partial charge in [0.2, 0.25) is 0 Å². The number of alkyl carbamates (subject to hydrolysis) is 1. The first-order valence-corrected chi connectivity index (χ1v) is 4.59. The fourth-order valence-corrected chi connectivity index (χ4v) is 1.61. The van der Waals surface area contributed by atoms with Gasteiger partial charge in [0, 0.05) is 19.6 Å². The number of hydrogen-bond donors (Lipinski definition) is 1. The van der Waals surface area contributed by atoms with Crippen LogP contribution in [0.4, 0.5) is 4.79 Å². The minimum atomic E-state index is -0.293. The molecule has 1 atom stereocenters. The molecule has 0 aromatic carbocycles. The number of nitrogens with zero attached hydrogens (tertiary/aromatic N) is 1. The smallest absolute Gasteiger partial charge is 0.407 e. The van der Waals surface area contributed by atoms with Gasteiger partial charge in [-0.15, -0.1) is 0 Å². The van der Waals surface area contributed by atoms with Gasteiger partial charge in [-0.1, -0.05) is 0 Å². The van der Waals surface area contributed by atoms with Crippen molar-refractivity contribution in [3.63, 3.8) is 0 Å². The molecule has 0 aromatic heterocycles. The largest absolute Gasteiger partial charge is 0.443 e. The Morgan fingerprint density at radius 3 is 2.71 bits per heavy atom. The Morgan fingerprint density at radius 2 is 2.14 bits per heavy atom. The Morgan fingerprint density at radius 1 is 1.43 bits per heavy atom. The van der Waals surface area contributed by atoms with Gasteiger partial charge in [-0.2, -0.15) is 13.5 Å². The highest BCUT2D eigenvalue weighted by Gasteiger charge is 2.25. The lowest BCUT2D eigenvalue weighted by Crippen LogP contribution is -2.41. The number of hydrogen-bond acceptors (Lipinski definition) is 4. The molecule has 5 nitrogen and oxygen atoms in total. The van der Waals surface area contributed by atoms with E-state index in [9.17, 15) is 4.79 Å². The second-order valence-electron chi connectivity index (χ2n) is 3.32. The molecule has 0 aliphatic carbocycles. The van der Waals surface area contributed by atoms with Crippen molar-refractivity contribution in [3.05, 3.63) is 0 Å². The molecule has 0 unspecified atom stereocenters. The maximum Gasteiger partial charge on any atom is 0.407 e. The highest BCUT2D eigenvalue weighted by atomic mass is 32.1. The van der Waals surface area contributed by atoms with E-state index in [4.69, 9.17) is 9.47 Å². The maximum absolute atomic E-state index is 10.7. The number of amides is 1. The summed E-state index contributed by atoms with van der Waals surface area (Å²) in [4.78, 5) is 13.0. The van der Waals surface area contributed by atoms with Gasteiger partial charge < -0.3 is 14.8 Å². The molecule has 0 spiro atoms. The van der Waals surface area contributed by atoms with Crippen LogP contribution in [0.25, 0.3) is 0 Å². The van der Waals surface area contributed by atoms with Crippen LogP contribution in [-0.2, 0) is 9.47 Å². The number of carbonyl (C=O) groups is 1. The lowest BCUT2D eigenvalue weighted by molar-refractivity contribution is 0.0188. The predicted octanol–water partition coefficient (Wildman–Crippen LogP) is -0.460. The summed E-state index contributed by atoms with van der Waals surface area (Å²) in [6, 6.07) is 0. The zero-order chi connectivity index (χ0) is 9.10. The molecular formula is C8H16N2O3S. The second kappa shape index (κ2) is 5.43. The summed E-state index contributed by atoms with van der Waals surface area (Å²) in [5, 5.41) is 2.64. The van der Waals surface area contributed by atoms with E-state index >= 15 is 0 Å². The number of carbonyl (C=O) groups excluding carboxylic acids is 1. The van der Waals surface area contributed by atoms with Crippen molar-refractivity contribution >= 4 is 19.6 Å². The van der Waals surface area contributed by atoms with Crippen molar-refractivity contribution in [1.29, 1.82) is 0 Å². The number of morpholine rings is 1. The van der Waals surface area contributed by atoms with E-state index in [0.29, 0.717) is 6.54 Å². The van der Waals surface area contributed by atoms with Gasteiger partial charge in [0.1, 0.15) is 6.10 Å². The Kier molecular flexibility index (Phi) is 4.50. The van der Waals surface area contributed by atoms with Gasteiger partial charge in [-0.05, 0) is 0 Å². The summed E-state index contributed by atoms with van der Waals surface area (Å²) < 4.78 is 10.3. The molecule has 2 fully saturated rings. The van der Waals surface area contributed by atoms with Gasteiger partial charge in [-0.3, -0.25) is 4.90 Å². The molecule has 82 valence electrons. The van der Waals surface area contributed by atoms with Gasteiger partial charge in [0.25, 0.3) is 0 Å². The summed E-state index contributed by atoms with van der Waals surface area (Å²) in [5.41, 5.74) is 0. The standard InChI is InChI=1S/C8H14N2O3.H2S/c11-8-9-5-7(13-8)6-10-1-3-12-4-2-10;/h7H,1-6H2,(H,9,11);1H2/t7-;/m0./s1. The molecule has 2 rings (SSSR count). The molecule has 2 saturated heterocycles. The minimum absolute atomic E-state index is 0. The van der Waals surface area contributed by atoms with Crippen molar-refractivity contribution in [1.82, 2.24) is 10.2 Å². The first-order chi connectivity index (χ1) is 6.34. The van der Waals surface area contributed by atoms with Crippen LogP contribution < -0.4 is 5.32 Å². The zero-order valence-electron chi connectivity index (χ0n) is 7.99. The monoisotopic (exact) mass is 220 g/mol. The molecule has 2 aliphatic rings. The van der Waals surface area contributed by atoms with E-state index in [1.54, 1.807) is 0 Å². The molecule has 2 heterocycles. The van der Waals surface area contributed by atoms with E-state index in [1.807, 2.05) is 0 Å². The first kappa shape index (κ1) is 11.6. The fourth-order valence-electron chi connectivity index (χ4n) is 1.61. The third kappa shape index (κ3) is 3.04. The molecule has 0 saturated carbocycles. The normalized spacial score (nSPS) is 27.7. The van der Waals surface area contributed by atoms with Crippen molar-refractivity contribution in [2.24, 2.45) is 0 Å². The average Bonchev–Trinajstić information content (AvgIpc) is 2.53. The van der Waals surface area contributed by atoms with Crippen LogP contribution in [0.15, 0.2) is 0 Å². The van der Waals surface area contributed by atoms with Crippen LogP contribution >= 0.6 is 13.5 Å². The summed E-state index contributed by atoms with van der Waals surface area (Å²) in [5.74, 6) is 0. The van der Waals surface area contributed by atoms with Gasteiger partial charge in [0.15, 0.2) is 0 Å². The Hall–Kier alpha value is -0.460. The highest BCUT2D eigenvalue weighted by molar-refractivity contribution is 7.59. The average molecular weight is 220 g/mol. The molecule has 0 bridgehead atoms. The van der Waals surface area contributed by atoms with Gasteiger partial charge >= 0.3 is 6.09 Å². The Labute approximate surface area is 90.2 Å². The van der Waals surface area contributed by atoms with Gasteiger partial charge in [0.05, 0.1) is 19.8 Å². The predicted molar refractivity (Wildman–Crippen MR) is 55.9 cm³/mol. The molecule has 6 heteroatoms. The van der Waals surface area contributed by atoms with Crippen molar-refractivity contribution in [2.75, 3.05) is 39.4 Å².